The highest BCUT2D eigenvalue weighted by Crippen LogP contribution is 2.25. The molecule has 1 N–H and O–H groups in total. The van der Waals surface area contributed by atoms with Gasteiger partial charge >= 0.3 is 5.97 Å². The summed E-state index contributed by atoms with van der Waals surface area (Å²) in [4.78, 5) is 23.8. The number of hydrogen-bond acceptors (Lipinski definition) is 3. The molecule has 0 fully saturated rings. The standard InChI is InChI=1S/C18H25NO3/c1-12(2)7-10-17(20)22-13(3)18(21)19-16-9-8-14-5-4-6-15(14)11-16/h8-9,11-13H,4-7,10H2,1-3H3,(H,19,21)/t13-/m1/s1. The third kappa shape index (κ3) is 4.58. The van der Waals surface area contributed by atoms with Crippen LogP contribution in [-0.4, -0.2) is 18.0 Å². The Kier molecular flexibility index (Phi) is 5.58. The lowest BCUT2D eigenvalue weighted by molar-refractivity contribution is -0.153. The highest BCUT2D eigenvalue weighted by Gasteiger charge is 2.19. The Morgan fingerprint density at radius 1 is 1.18 bits per heavy atom. The number of hydrogen-bond donors (Lipinski definition) is 1. The fourth-order valence-corrected chi connectivity index (χ4v) is 2.61. The van der Waals surface area contributed by atoms with E-state index in [2.05, 4.69) is 25.2 Å². The number of benzene rings is 1. The maximum Gasteiger partial charge on any atom is 0.306 e. The van der Waals surface area contributed by atoms with Crippen LogP contribution in [0, 0.1) is 5.92 Å². The Hall–Kier alpha value is -1.84. The number of esters is 1. The molecule has 1 aliphatic rings. The molecule has 0 spiro atoms. The summed E-state index contributed by atoms with van der Waals surface area (Å²) in [6, 6.07) is 6.00. The van der Waals surface area contributed by atoms with Crippen molar-refractivity contribution in [2.45, 2.75) is 59.0 Å². The lowest BCUT2D eigenvalue weighted by Crippen LogP contribution is -2.30. The van der Waals surface area contributed by atoms with Gasteiger partial charge in [-0.25, -0.2) is 0 Å². The molecule has 4 nitrogen and oxygen atoms in total. The zero-order valence-electron chi connectivity index (χ0n) is 13.6. The fraction of sp³-hybridized carbons (Fsp3) is 0.556. The van der Waals surface area contributed by atoms with Crippen molar-refractivity contribution in [1.29, 1.82) is 0 Å². The maximum atomic E-state index is 12.1. The lowest BCUT2D eigenvalue weighted by atomic mass is 10.1. The number of carbonyl (C=O) groups excluding carboxylic acids is 2. The van der Waals surface area contributed by atoms with Crippen LogP contribution in [0.25, 0.3) is 0 Å². The van der Waals surface area contributed by atoms with Crippen molar-refractivity contribution in [3.8, 4) is 0 Å². The minimum atomic E-state index is -0.770. The Morgan fingerprint density at radius 2 is 1.91 bits per heavy atom. The van der Waals surface area contributed by atoms with E-state index in [9.17, 15) is 9.59 Å². The normalized spacial score (nSPS) is 14.5. The van der Waals surface area contributed by atoms with Crippen LogP contribution in [0.5, 0.6) is 0 Å². The van der Waals surface area contributed by atoms with Crippen LogP contribution in [-0.2, 0) is 27.2 Å². The van der Waals surface area contributed by atoms with Gasteiger partial charge in [0.15, 0.2) is 6.10 Å². The molecule has 0 unspecified atom stereocenters. The molecule has 22 heavy (non-hydrogen) atoms. The number of fused-ring (bicyclic) bond motifs is 1. The number of aryl methyl sites for hydroxylation is 2. The number of rotatable bonds is 6. The Balaban J connectivity index is 1.84. The van der Waals surface area contributed by atoms with Gasteiger partial charge in [0.1, 0.15) is 0 Å². The molecule has 2 rings (SSSR count). The van der Waals surface area contributed by atoms with Crippen LogP contribution in [0.15, 0.2) is 18.2 Å². The molecule has 0 bridgehead atoms. The predicted octanol–water partition coefficient (Wildman–Crippen LogP) is 3.48. The first kappa shape index (κ1) is 16.5. The van der Waals surface area contributed by atoms with Gasteiger partial charge in [-0.15, -0.1) is 0 Å². The molecule has 1 amide bonds. The second-order valence-electron chi connectivity index (χ2n) is 6.39. The Morgan fingerprint density at radius 3 is 2.64 bits per heavy atom. The van der Waals surface area contributed by atoms with E-state index in [4.69, 9.17) is 4.74 Å². The SMILES string of the molecule is CC(C)CCC(=O)O[C@H](C)C(=O)Nc1ccc2c(c1)CCC2. The summed E-state index contributed by atoms with van der Waals surface area (Å²) >= 11 is 0. The third-order valence-corrected chi connectivity index (χ3v) is 3.97. The highest BCUT2D eigenvalue weighted by molar-refractivity contribution is 5.95. The summed E-state index contributed by atoms with van der Waals surface area (Å²) < 4.78 is 5.18. The van der Waals surface area contributed by atoms with E-state index >= 15 is 0 Å². The summed E-state index contributed by atoms with van der Waals surface area (Å²) in [5.74, 6) is -0.149. The van der Waals surface area contributed by atoms with Crippen LogP contribution in [0.4, 0.5) is 5.69 Å². The van der Waals surface area contributed by atoms with Crippen molar-refractivity contribution < 1.29 is 14.3 Å². The summed E-state index contributed by atoms with van der Waals surface area (Å²) in [5, 5.41) is 2.83. The average Bonchev–Trinajstić information content (AvgIpc) is 2.92. The number of carbonyl (C=O) groups is 2. The van der Waals surface area contributed by atoms with Gasteiger partial charge in [0.2, 0.25) is 0 Å². The molecular formula is C18H25NO3. The quantitative estimate of drug-likeness (QED) is 0.819. The van der Waals surface area contributed by atoms with Crippen molar-refractivity contribution in [3.63, 3.8) is 0 Å². The molecule has 1 aromatic carbocycles. The van der Waals surface area contributed by atoms with Gasteiger partial charge in [0.05, 0.1) is 0 Å². The van der Waals surface area contributed by atoms with Gasteiger partial charge in [-0.05, 0) is 61.8 Å². The summed E-state index contributed by atoms with van der Waals surface area (Å²) in [6.45, 7) is 5.71. The molecule has 1 aromatic rings. The van der Waals surface area contributed by atoms with Crippen molar-refractivity contribution in [1.82, 2.24) is 0 Å². The average molecular weight is 303 g/mol. The monoisotopic (exact) mass is 303 g/mol. The molecule has 4 heteroatoms. The minimum Gasteiger partial charge on any atom is -0.453 e. The van der Waals surface area contributed by atoms with Crippen LogP contribution >= 0.6 is 0 Å². The molecular weight excluding hydrogens is 278 g/mol. The van der Waals surface area contributed by atoms with Crippen LogP contribution in [0.3, 0.4) is 0 Å². The highest BCUT2D eigenvalue weighted by atomic mass is 16.5. The second-order valence-corrected chi connectivity index (χ2v) is 6.39. The first-order valence-electron chi connectivity index (χ1n) is 8.08. The maximum absolute atomic E-state index is 12.1. The molecule has 120 valence electrons. The molecule has 0 saturated carbocycles. The van der Waals surface area contributed by atoms with E-state index < -0.39 is 6.10 Å². The predicted molar refractivity (Wildman–Crippen MR) is 86.7 cm³/mol. The first-order valence-corrected chi connectivity index (χ1v) is 8.08. The zero-order chi connectivity index (χ0) is 16.1. The first-order chi connectivity index (χ1) is 10.5. The number of nitrogens with one attached hydrogen (secondary N) is 1. The van der Waals surface area contributed by atoms with Gasteiger partial charge in [-0.3, -0.25) is 9.59 Å². The summed E-state index contributed by atoms with van der Waals surface area (Å²) in [7, 11) is 0. The minimum absolute atomic E-state index is 0.282. The molecule has 0 radical (unpaired) electrons. The van der Waals surface area contributed by atoms with E-state index in [1.54, 1.807) is 6.92 Å². The Bertz CT molecular complexity index is 551. The second kappa shape index (κ2) is 7.43. The van der Waals surface area contributed by atoms with Crippen molar-refractivity contribution in [3.05, 3.63) is 29.3 Å². The molecule has 0 aromatic heterocycles. The van der Waals surface area contributed by atoms with E-state index in [0.29, 0.717) is 12.3 Å². The molecule has 1 atom stereocenters. The van der Waals surface area contributed by atoms with E-state index in [0.717, 1.165) is 24.9 Å². The smallest absolute Gasteiger partial charge is 0.306 e. The number of ether oxygens (including phenoxy) is 1. The van der Waals surface area contributed by atoms with Gasteiger partial charge in [0, 0.05) is 12.1 Å². The van der Waals surface area contributed by atoms with Gasteiger partial charge in [-0.2, -0.15) is 0 Å². The summed E-state index contributed by atoms with van der Waals surface area (Å²) in [5.41, 5.74) is 3.45. The zero-order valence-corrected chi connectivity index (χ0v) is 13.6. The van der Waals surface area contributed by atoms with E-state index in [1.165, 1.54) is 17.5 Å². The van der Waals surface area contributed by atoms with Crippen LogP contribution in [0.2, 0.25) is 0 Å². The number of amides is 1. The molecule has 0 aliphatic heterocycles. The Labute approximate surface area is 132 Å². The van der Waals surface area contributed by atoms with Gasteiger partial charge in [0.25, 0.3) is 5.91 Å². The number of anilines is 1. The molecule has 1 aliphatic carbocycles. The fourth-order valence-electron chi connectivity index (χ4n) is 2.61. The van der Waals surface area contributed by atoms with Gasteiger partial charge < -0.3 is 10.1 Å². The van der Waals surface area contributed by atoms with E-state index in [-0.39, 0.29) is 11.9 Å². The molecule has 0 heterocycles. The van der Waals surface area contributed by atoms with E-state index in [1.807, 2.05) is 12.1 Å². The summed E-state index contributed by atoms with van der Waals surface area (Å²) in [6.07, 6.45) is 3.72. The van der Waals surface area contributed by atoms with Crippen LogP contribution < -0.4 is 5.32 Å². The van der Waals surface area contributed by atoms with Gasteiger partial charge in [-0.1, -0.05) is 19.9 Å². The molecule has 0 saturated heterocycles. The third-order valence-electron chi connectivity index (χ3n) is 3.97. The van der Waals surface area contributed by atoms with Crippen molar-refractivity contribution >= 4 is 17.6 Å². The van der Waals surface area contributed by atoms with Crippen LogP contribution in [0.1, 0.15) is 51.2 Å². The lowest BCUT2D eigenvalue weighted by Gasteiger charge is -2.14. The van der Waals surface area contributed by atoms with Crippen molar-refractivity contribution in [2.24, 2.45) is 5.92 Å². The topological polar surface area (TPSA) is 55.4 Å². The van der Waals surface area contributed by atoms with Crippen molar-refractivity contribution in [2.75, 3.05) is 5.32 Å². The largest absolute Gasteiger partial charge is 0.453 e.